The van der Waals surface area contributed by atoms with Crippen LogP contribution in [-0.4, -0.2) is 35.0 Å². The SMILES string of the molecule is O=C(O)C(F)(F)CC(F)(F)CC(F)(F)CC(F)(F)F. The summed E-state index contributed by atoms with van der Waals surface area (Å²) in [6.45, 7) is 0. The maximum atomic E-state index is 12.8. The smallest absolute Gasteiger partial charge is 0.394 e. The van der Waals surface area contributed by atoms with E-state index in [1.165, 1.54) is 0 Å². The van der Waals surface area contributed by atoms with E-state index in [2.05, 4.69) is 0 Å². The number of aliphatic carboxylic acids is 1. The van der Waals surface area contributed by atoms with Gasteiger partial charge in [-0.2, -0.15) is 22.0 Å². The Hall–Kier alpha value is -1.16. The zero-order valence-electron chi connectivity index (χ0n) is 8.88. The van der Waals surface area contributed by atoms with Crippen molar-refractivity contribution in [3.63, 3.8) is 0 Å². The molecule has 11 heteroatoms. The summed E-state index contributed by atoms with van der Waals surface area (Å²) in [5.74, 6) is -17.9. The van der Waals surface area contributed by atoms with Gasteiger partial charge in [0.2, 0.25) is 0 Å². The van der Waals surface area contributed by atoms with Gasteiger partial charge in [-0.25, -0.2) is 22.4 Å². The van der Waals surface area contributed by atoms with E-state index in [1.54, 1.807) is 0 Å². The minimum Gasteiger partial charge on any atom is -0.477 e. The molecular weight excluding hydrogens is 299 g/mol. The molecular formula is C8H7F9O2. The standard InChI is InChI=1S/C8H7F9O2/c9-5(10,2-7(13,14)4(18)19)1-6(11,12)3-8(15,16)17/h1-3H2,(H,18,19). The van der Waals surface area contributed by atoms with E-state index < -0.39 is 49.2 Å². The van der Waals surface area contributed by atoms with E-state index in [-0.39, 0.29) is 0 Å². The van der Waals surface area contributed by atoms with Gasteiger partial charge in [-0.3, -0.25) is 0 Å². The van der Waals surface area contributed by atoms with Crippen molar-refractivity contribution in [2.24, 2.45) is 0 Å². The normalized spacial score (nSPS) is 14.6. The molecule has 0 radical (unpaired) electrons. The van der Waals surface area contributed by atoms with Crippen LogP contribution >= 0.6 is 0 Å². The Bertz CT molecular complexity index is 334. The molecule has 0 rings (SSSR count). The van der Waals surface area contributed by atoms with Crippen LogP contribution in [0.4, 0.5) is 39.5 Å². The van der Waals surface area contributed by atoms with Crippen LogP contribution in [0.1, 0.15) is 19.3 Å². The lowest BCUT2D eigenvalue weighted by molar-refractivity contribution is -0.216. The first-order chi connectivity index (χ1) is 8.06. The summed E-state index contributed by atoms with van der Waals surface area (Å²) in [7, 11) is 0. The number of alkyl halides is 9. The molecule has 0 aliphatic heterocycles. The van der Waals surface area contributed by atoms with Crippen molar-refractivity contribution in [1.29, 1.82) is 0 Å². The summed E-state index contributed by atoms with van der Waals surface area (Å²) < 4.78 is 110. The van der Waals surface area contributed by atoms with Crippen LogP contribution in [0.15, 0.2) is 0 Å². The molecule has 0 aliphatic rings. The predicted molar refractivity (Wildman–Crippen MR) is 42.4 cm³/mol. The van der Waals surface area contributed by atoms with E-state index in [1.807, 2.05) is 0 Å². The van der Waals surface area contributed by atoms with Crippen molar-refractivity contribution in [1.82, 2.24) is 0 Å². The quantitative estimate of drug-likeness (QED) is 0.760. The number of halogens is 9. The Morgan fingerprint density at radius 1 is 0.737 bits per heavy atom. The molecule has 0 bridgehead atoms. The molecule has 0 saturated heterocycles. The maximum absolute atomic E-state index is 12.8. The summed E-state index contributed by atoms with van der Waals surface area (Å²) in [6.07, 6.45) is -14.0. The molecule has 2 nitrogen and oxygen atoms in total. The molecule has 0 aromatic rings. The Morgan fingerprint density at radius 3 is 1.42 bits per heavy atom. The lowest BCUT2D eigenvalue weighted by atomic mass is 10.0. The molecule has 0 spiro atoms. The molecule has 1 N–H and O–H groups in total. The third-order valence-electron chi connectivity index (χ3n) is 1.77. The molecule has 0 heterocycles. The van der Waals surface area contributed by atoms with E-state index >= 15 is 0 Å². The van der Waals surface area contributed by atoms with Crippen LogP contribution in [0.3, 0.4) is 0 Å². The monoisotopic (exact) mass is 306 g/mol. The largest absolute Gasteiger partial charge is 0.477 e. The van der Waals surface area contributed by atoms with Crippen LogP contribution in [0.2, 0.25) is 0 Å². The fourth-order valence-corrected chi connectivity index (χ4v) is 1.20. The molecule has 0 unspecified atom stereocenters. The van der Waals surface area contributed by atoms with E-state index in [4.69, 9.17) is 5.11 Å². The summed E-state index contributed by atoms with van der Waals surface area (Å²) in [5, 5.41) is 7.84. The van der Waals surface area contributed by atoms with Crippen LogP contribution in [0.25, 0.3) is 0 Å². The third kappa shape index (κ3) is 7.11. The second-order valence-corrected chi connectivity index (χ2v) is 3.87. The van der Waals surface area contributed by atoms with Gasteiger partial charge in [-0.15, -0.1) is 0 Å². The highest BCUT2D eigenvalue weighted by atomic mass is 19.4. The van der Waals surface area contributed by atoms with Crippen LogP contribution in [0, 0.1) is 0 Å². The van der Waals surface area contributed by atoms with E-state index in [9.17, 15) is 44.3 Å². The lowest BCUT2D eigenvalue weighted by Crippen LogP contribution is -2.40. The van der Waals surface area contributed by atoms with Crippen molar-refractivity contribution < 1.29 is 49.4 Å². The Balaban J connectivity index is 4.82. The topological polar surface area (TPSA) is 37.3 Å². The van der Waals surface area contributed by atoms with Gasteiger partial charge < -0.3 is 5.11 Å². The van der Waals surface area contributed by atoms with Crippen LogP contribution in [-0.2, 0) is 4.79 Å². The average molecular weight is 306 g/mol. The number of hydrogen-bond acceptors (Lipinski definition) is 1. The van der Waals surface area contributed by atoms with Crippen molar-refractivity contribution in [2.45, 2.75) is 43.2 Å². The number of carbonyl (C=O) groups is 1. The predicted octanol–water partition coefficient (Wildman–Crippen LogP) is 3.71. The van der Waals surface area contributed by atoms with Crippen molar-refractivity contribution in [3.8, 4) is 0 Å². The van der Waals surface area contributed by atoms with Crippen molar-refractivity contribution in [3.05, 3.63) is 0 Å². The maximum Gasteiger partial charge on any atom is 0.394 e. The second-order valence-electron chi connectivity index (χ2n) is 3.87. The number of hydrogen-bond donors (Lipinski definition) is 1. The minimum absolute atomic E-state index is 2.80. The fourth-order valence-electron chi connectivity index (χ4n) is 1.20. The first kappa shape index (κ1) is 17.8. The third-order valence-corrected chi connectivity index (χ3v) is 1.77. The molecule has 114 valence electrons. The molecule has 0 aromatic heterocycles. The minimum atomic E-state index is -5.46. The second kappa shape index (κ2) is 5.08. The summed E-state index contributed by atoms with van der Waals surface area (Å²) in [5.41, 5.74) is 0. The molecule has 0 saturated carbocycles. The van der Waals surface area contributed by atoms with Gasteiger partial charge in [-0.1, -0.05) is 0 Å². The molecule has 19 heavy (non-hydrogen) atoms. The van der Waals surface area contributed by atoms with E-state index in [0.717, 1.165) is 0 Å². The summed E-state index contributed by atoms with van der Waals surface area (Å²) in [4.78, 5) is 9.84. The zero-order valence-corrected chi connectivity index (χ0v) is 8.88. The van der Waals surface area contributed by atoms with E-state index in [0.29, 0.717) is 0 Å². The highest BCUT2D eigenvalue weighted by molar-refractivity contribution is 5.75. The lowest BCUT2D eigenvalue weighted by Gasteiger charge is -2.25. The van der Waals surface area contributed by atoms with Gasteiger partial charge in [0.1, 0.15) is 6.42 Å². The van der Waals surface area contributed by atoms with Crippen molar-refractivity contribution in [2.75, 3.05) is 0 Å². The van der Waals surface area contributed by atoms with Gasteiger partial charge >= 0.3 is 18.1 Å². The first-order valence-electron chi connectivity index (χ1n) is 4.50. The average Bonchev–Trinajstić information content (AvgIpc) is 1.91. The highest BCUT2D eigenvalue weighted by Crippen LogP contribution is 2.42. The molecule has 0 aliphatic carbocycles. The molecule has 0 amide bonds. The van der Waals surface area contributed by atoms with Gasteiger partial charge in [0.25, 0.3) is 11.8 Å². The Labute approximate surface area is 99.7 Å². The fraction of sp³-hybridized carbons (Fsp3) is 0.875. The van der Waals surface area contributed by atoms with Crippen molar-refractivity contribution >= 4 is 5.97 Å². The number of carboxylic acids is 1. The first-order valence-corrected chi connectivity index (χ1v) is 4.50. The summed E-state index contributed by atoms with van der Waals surface area (Å²) >= 11 is 0. The Kier molecular flexibility index (Phi) is 4.77. The van der Waals surface area contributed by atoms with Gasteiger partial charge in [-0.05, 0) is 0 Å². The highest BCUT2D eigenvalue weighted by Gasteiger charge is 2.55. The molecule has 0 aromatic carbocycles. The number of carboxylic acid groups (broad SMARTS) is 1. The van der Waals surface area contributed by atoms with Crippen LogP contribution in [0.5, 0.6) is 0 Å². The van der Waals surface area contributed by atoms with Gasteiger partial charge in [0.15, 0.2) is 0 Å². The molecule has 0 atom stereocenters. The summed E-state index contributed by atoms with van der Waals surface area (Å²) in [6, 6.07) is 0. The Morgan fingerprint density at radius 2 is 1.11 bits per heavy atom. The zero-order chi connectivity index (χ0) is 15.7. The molecule has 0 fully saturated rings. The van der Waals surface area contributed by atoms with Crippen LogP contribution < -0.4 is 0 Å². The van der Waals surface area contributed by atoms with Gasteiger partial charge in [0.05, 0.1) is 12.8 Å². The van der Waals surface area contributed by atoms with Gasteiger partial charge in [0, 0.05) is 0 Å². The number of rotatable bonds is 6.